The minimum Gasteiger partial charge on any atom is -0.481 e. The third kappa shape index (κ3) is 3.22. The van der Waals surface area contributed by atoms with Gasteiger partial charge in [0.25, 0.3) is 0 Å². The molecule has 0 saturated heterocycles. The first-order valence-electron chi connectivity index (χ1n) is 6.45. The molecule has 1 aromatic heterocycles. The van der Waals surface area contributed by atoms with Gasteiger partial charge in [-0.15, -0.1) is 0 Å². The third-order valence-corrected chi connectivity index (χ3v) is 3.20. The average molecular weight is 258 g/mol. The Labute approximate surface area is 112 Å². The number of imidazole rings is 1. The van der Waals surface area contributed by atoms with Crippen LogP contribution in [0, 0.1) is 6.92 Å². The van der Waals surface area contributed by atoms with Crippen LogP contribution < -0.4 is 0 Å². The largest absolute Gasteiger partial charge is 0.481 e. The standard InChI is InChI=1S/C15H18N2O2/c1-3-12-4-6-13(7-5-12)14-10-17(11(2)16-14)9-8-15(18)19/h4-7,10H,3,8-9H2,1-2H3,(H,18,19). The summed E-state index contributed by atoms with van der Waals surface area (Å²) in [5.41, 5.74) is 3.26. The highest BCUT2D eigenvalue weighted by Gasteiger charge is 2.07. The van der Waals surface area contributed by atoms with Crippen LogP contribution in [0.3, 0.4) is 0 Å². The quantitative estimate of drug-likeness (QED) is 0.897. The summed E-state index contributed by atoms with van der Waals surface area (Å²) >= 11 is 0. The molecule has 0 atom stereocenters. The highest BCUT2D eigenvalue weighted by molar-refractivity contribution is 5.66. The number of carboxylic acid groups (broad SMARTS) is 1. The van der Waals surface area contributed by atoms with Crippen molar-refractivity contribution in [1.29, 1.82) is 0 Å². The number of nitrogens with zero attached hydrogens (tertiary/aromatic N) is 2. The summed E-state index contributed by atoms with van der Waals surface area (Å²) < 4.78 is 1.89. The van der Waals surface area contributed by atoms with Crippen LogP contribution >= 0.6 is 0 Å². The Balaban J connectivity index is 2.20. The molecular formula is C15H18N2O2. The summed E-state index contributed by atoms with van der Waals surface area (Å²) in [6.07, 6.45) is 3.05. The van der Waals surface area contributed by atoms with E-state index >= 15 is 0 Å². The maximum Gasteiger partial charge on any atom is 0.305 e. The molecule has 1 N–H and O–H groups in total. The van der Waals surface area contributed by atoms with E-state index in [9.17, 15) is 4.79 Å². The lowest BCUT2D eigenvalue weighted by Gasteiger charge is -2.01. The summed E-state index contributed by atoms with van der Waals surface area (Å²) in [5.74, 6) is 0.0535. The number of carboxylic acids is 1. The second-order valence-electron chi connectivity index (χ2n) is 4.56. The second-order valence-corrected chi connectivity index (χ2v) is 4.56. The normalized spacial score (nSPS) is 10.6. The van der Waals surface area contributed by atoms with Gasteiger partial charge in [0.05, 0.1) is 12.1 Å². The summed E-state index contributed by atoms with van der Waals surface area (Å²) in [6.45, 7) is 4.48. The molecule has 0 aliphatic carbocycles. The van der Waals surface area contributed by atoms with E-state index in [1.165, 1.54) is 5.56 Å². The first-order chi connectivity index (χ1) is 9.10. The first kappa shape index (κ1) is 13.3. The Morgan fingerprint density at radius 3 is 2.58 bits per heavy atom. The lowest BCUT2D eigenvalue weighted by molar-refractivity contribution is -0.137. The lowest BCUT2D eigenvalue weighted by atomic mass is 10.1. The molecule has 2 rings (SSSR count). The summed E-state index contributed by atoms with van der Waals surface area (Å²) in [6, 6.07) is 8.31. The van der Waals surface area contributed by atoms with Crippen LogP contribution in [0.2, 0.25) is 0 Å². The maximum absolute atomic E-state index is 10.6. The van der Waals surface area contributed by atoms with Crippen molar-refractivity contribution >= 4 is 5.97 Å². The third-order valence-electron chi connectivity index (χ3n) is 3.20. The fraction of sp³-hybridized carbons (Fsp3) is 0.333. The van der Waals surface area contributed by atoms with Crippen LogP contribution in [-0.4, -0.2) is 20.6 Å². The van der Waals surface area contributed by atoms with E-state index in [1.807, 2.05) is 17.7 Å². The average Bonchev–Trinajstić information content (AvgIpc) is 2.78. The number of benzene rings is 1. The number of aryl methyl sites for hydroxylation is 3. The molecule has 4 heteroatoms. The van der Waals surface area contributed by atoms with Crippen molar-refractivity contribution in [3.63, 3.8) is 0 Å². The summed E-state index contributed by atoms with van der Waals surface area (Å²) in [5, 5.41) is 8.71. The molecular weight excluding hydrogens is 240 g/mol. The number of hydrogen-bond acceptors (Lipinski definition) is 2. The number of carbonyl (C=O) groups is 1. The van der Waals surface area contributed by atoms with Crippen molar-refractivity contribution in [2.75, 3.05) is 0 Å². The lowest BCUT2D eigenvalue weighted by Crippen LogP contribution is -2.04. The van der Waals surface area contributed by atoms with Gasteiger partial charge in [-0.1, -0.05) is 31.2 Å². The van der Waals surface area contributed by atoms with Crippen LogP contribution in [0.1, 0.15) is 24.7 Å². The van der Waals surface area contributed by atoms with Gasteiger partial charge in [0.2, 0.25) is 0 Å². The number of aromatic nitrogens is 2. The molecule has 0 unspecified atom stereocenters. The molecule has 0 radical (unpaired) electrons. The van der Waals surface area contributed by atoms with Gasteiger partial charge >= 0.3 is 5.97 Å². The Bertz CT molecular complexity index is 570. The molecule has 0 bridgehead atoms. The smallest absolute Gasteiger partial charge is 0.305 e. The predicted octanol–water partition coefficient (Wildman–Crippen LogP) is 2.90. The van der Waals surface area contributed by atoms with E-state index in [1.54, 1.807) is 0 Å². The SMILES string of the molecule is CCc1ccc(-c2cn(CCC(=O)O)c(C)n2)cc1. The number of rotatable bonds is 5. The van der Waals surface area contributed by atoms with Crippen molar-refractivity contribution in [2.45, 2.75) is 33.2 Å². The van der Waals surface area contributed by atoms with E-state index in [4.69, 9.17) is 5.11 Å². The summed E-state index contributed by atoms with van der Waals surface area (Å²) in [7, 11) is 0. The van der Waals surface area contributed by atoms with Crippen LogP contribution in [-0.2, 0) is 17.8 Å². The zero-order valence-electron chi connectivity index (χ0n) is 11.3. The molecule has 0 saturated carbocycles. The van der Waals surface area contributed by atoms with Crippen LogP contribution in [0.25, 0.3) is 11.3 Å². The van der Waals surface area contributed by atoms with E-state index < -0.39 is 5.97 Å². The van der Waals surface area contributed by atoms with Gasteiger partial charge in [0.1, 0.15) is 5.82 Å². The molecule has 4 nitrogen and oxygen atoms in total. The summed E-state index contributed by atoms with van der Waals surface area (Å²) in [4.78, 5) is 15.1. The van der Waals surface area contributed by atoms with Gasteiger partial charge < -0.3 is 9.67 Å². The predicted molar refractivity (Wildman–Crippen MR) is 74.0 cm³/mol. The first-order valence-corrected chi connectivity index (χ1v) is 6.45. The highest BCUT2D eigenvalue weighted by atomic mass is 16.4. The minimum atomic E-state index is -0.790. The molecule has 100 valence electrons. The Morgan fingerprint density at radius 2 is 2.00 bits per heavy atom. The van der Waals surface area contributed by atoms with Gasteiger partial charge in [-0.05, 0) is 18.9 Å². The van der Waals surface area contributed by atoms with Crippen LogP contribution in [0.4, 0.5) is 0 Å². The molecule has 1 aromatic carbocycles. The zero-order valence-corrected chi connectivity index (χ0v) is 11.3. The van der Waals surface area contributed by atoms with Gasteiger partial charge in [-0.25, -0.2) is 4.98 Å². The van der Waals surface area contributed by atoms with E-state index in [2.05, 4.69) is 36.2 Å². The van der Waals surface area contributed by atoms with Gasteiger partial charge in [0, 0.05) is 18.3 Å². The highest BCUT2D eigenvalue weighted by Crippen LogP contribution is 2.19. The molecule has 0 fully saturated rings. The van der Waals surface area contributed by atoms with Crippen molar-refractivity contribution in [2.24, 2.45) is 0 Å². The number of aliphatic carboxylic acids is 1. The van der Waals surface area contributed by atoms with Crippen molar-refractivity contribution in [3.05, 3.63) is 41.9 Å². The molecule has 0 spiro atoms. The maximum atomic E-state index is 10.6. The number of hydrogen-bond donors (Lipinski definition) is 1. The van der Waals surface area contributed by atoms with Crippen molar-refractivity contribution < 1.29 is 9.90 Å². The molecule has 2 aromatic rings. The van der Waals surface area contributed by atoms with E-state index in [0.717, 1.165) is 23.5 Å². The minimum absolute atomic E-state index is 0.116. The fourth-order valence-electron chi connectivity index (χ4n) is 2.00. The molecule has 1 heterocycles. The van der Waals surface area contributed by atoms with Gasteiger partial charge in [-0.3, -0.25) is 4.79 Å². The molecule has 0 amide bonds. The zero-order chi connectivity index (χ0) is 13.8. The van der Waals surface area contributed by atoms with Crippen molar-refractivity contribution in [1.82, 2.24) is 9.55 Å². The topological polar surface area (TPSA) is 55.1 Å². The van der Waals surface area contributed by atoms with Gasteiger partial charge in [0.15, 0.2) is 0 Å². The Kier molecular flexibility index (Phi) is 4.00. The monoisotopic (exact) mass is 258 g/mol. The van der Waals surface area contributed by atoms with Gasteiger partial charge in [-0.2, -0.15) is 0 Å². The van der Waals surface area contributed by atoms with Crippen LogP contribution in [0.15, 0.2) is 30.5 Å². The Morgan fingerprint density at radius 1 is 1.32 bits per heavy atom. The fourth-order valence-corrected chi connectivity index (χ4v) is 2.00. The Hall–Kier alpha value is -2.10. The molecule has 0 aliphatic rings. The second kappa shape index (κ2) is 5.69. The van der Waals surface area contributed by atoms with E-state index in [0.29, 0.717) is 6.54 Å². The molecule has 19 heavy (non-hydrogen) atoms. The van der Waals surface area contributed by atoms with Crippen LogP contribution in [0.5, 0.6) is 0 Å². The van der Waals surface area contributed by atoms with E-state index in [-0.39, 0.29) is 6.42 Å². The molecule has 0 aliphatic heterocycles. The van der Waals surface area contributed by atoms with Crippen molar-refractivity contribution in [3.8, 4) is 11.3 Å².